The van der Waals surface area contributed by atoms with Gasteiger partial charge in [-0.1, -0.05) is 28.9 Å². The highest BCUT2D eigenvalue weighted by Crippen LogP contribution is 2.39. The number of nitrogens with two attached hydrogens (primary N) is 1. The lowest BCUT2D eigenvalue weighted by Crippen LogP contribution is -2.20. The highest BCUT2D eigenvalue weighted by Gasteiger charge is 2.22. The zero-order valence-electron chi connectivity index (χ0n) is 13.4. The summed E-state index contributed by atoms with van der Waals surface area (Å²) in [7, 11) is 0. The van der Waals surface area contributed by atoms with Gasteiger partial charge in [-0.3, -0.25) is 0 Å². The third-order valence-corrected chi connectivity index (χ3v) is 4.43. The van der Waals surface area contributed by atoms with Crippen molar-refractivity contribution in [3.63, 3.8) is 0 Å². The molecule has 0 spiro atoms. The molecule has 2 heterocycles. The first-order valence-corrected chi connectivity index (χ1v) is 8.23. The fraction of sp³-hybridized carbons (Fsp3) is 0.222. The molecule has 0 bridgehead atoms. The molecule has 1 aliphatic heterocycles. The molecule has 2 aromatic carbocycles. The molecule has 7 heteroatoms. The Morgan fingerprint density at radius 1 is 1.28 bits per heavy atom. The molecule has 0 aliphatic carbocycles. The number of aromatic nitrogens is 2. The molecule has 0 saturated heterocycles. The average molecular weight is 360 g/mol. The molecule has 5 nitrogen and oxygen atoms in total. The second-order valence-corrected chi connectivity index (χ2v) is 6.38. The molecule has 1 unspecified atom stereocenters. The van der Waals surface area contributed by atoms with E-state index in [9.17, 15) is 4.39 Å². The average Bonchev–Trinajstić information content (AvgIpc) is 3.00. The Morgan fingerprint density at radius 3 is 2.88 bits per heavy atom. The molecule has 128 valence electrons. The van der Waals surface area contributed by atoms with Gasteiger partial charge in [-0.25, -0.2) is 4.39 Å². The van der Waals surface area contributed by atoms with Crippen LogP contribution in [-0.4, -0.2) is 16.7 Å². The fourth-order valence-electron chi connectivity index (χ4n) is 3.01. The summed E-state index contributed by atoms with van der Waals surface area (Å²) in [6.07, 6.45) is 0.769. The number of ether oxygens (including phenoxy) is 1. The van der Waals surface area contributed by atoms with Crippen LogP contribution in [-0.2, 0) is 0 Å². The monoisotopic (exact) mass is 359 g/mol. The lowest BCUT2D eigenvalue weighted by atomic mass is 9.94. The maximum Gasteiger partial charge on any atom is 0.223 e. The SMILES string of the molecule is Cc1nc(-c2c(F)cc(Cl)cc2-c2ccc3c(c2)OCCC3N)no1. The van der Waals surface area contributed by atoms with Gasteiger partial charge >= 0.3 is 0 Å². The molecule has 0 fully saturated rings. The van der Waals surface area contributed by atoms with Crippen molar-refractivity contribution in [1.29, 1.82) is 0 Å². The van der Waals surface area contributed by atoms with Crippen molar-refractivity contribution >= 4 is 11.6 Å². The van der Waals surface area contributed by atoms with E-state index in [2.05, 4.69) is 10.1 Å². The quantitative estimate of drug-likeness (QED) is 0.739. The summed E-state index contributed by atoms with van der Waals surface area (Å²) in [6.45, 7) is 2.20. The number of hydrogen-bond donors (Lipinski definition) is 1. The Kier molecular flexibility index (Phi) is 3.94. The number of hydrogen-bond acceptors (Lipinski definition) is 5. The molecule has 0 radical (unpaired) electrons. The summed E-state index contributed by atoms with van der Waals surface area (Å²) in [5.41, 5.74) is 8.60. The molecule has 0 saturated carbocycles. The smallest absolute Gasteiger partial charge is 0.223 e. The summed E-state index contributed by atoms with van der Waals surface area (Å²) in [6, 6.07) is 8.46. The van der Waals surface area contributed by atoms with Gasteiger partial charge in [-0.05, 0) is 29.3 Å². The Labute approximate surface area is 148 Å². The first-order valence-electron chi connectivity index (χ1n) is 7.85. The van der Waals surface area contributed by atoms with Crippen molar-refractivity contribution in [1.82, 2.24) is 10.1 Å². The zero-order chi connectivity index (χ0) is 17.6. The largest absolute Gasteiger partial charge is 0.493 e. The second-order valence-electron chi connectivity index (χ2n) is 5.94. The Bertz CT molecular complexity index is 957. The maximum atomic E-state index is 14.6. The van der Waals surface area contributed by atoms with Gasteiger partial charge in [0.05, 0.1) is 12.2 Å². The summed E-state index contributed by atoms with van der Waals surface area (Å²) < 4.78 is 25.3. The minimum absolute atomic E-state index is 0.0618. The molecular weight excluding hydrogens is 345 g/mol. The van der Waals surface area contributed by atoms with Gasteiger partial charge in [0.15, 0.2) is 0 Å². The van der Waals surface area contributed by atoms with Crippen molar-refractivity contribution < 1.29 is 13.7 Å². The van der Waals surface area contributed by atoms with Crippen LogP contribution in [0.15, 0.2) is 34.9 Å². The number of fused-ring (bicyclic) bond motifs is 1. The van der Waals surface area contributed by atoms with E-state index in [-0.39, 0.29) is 22.5 Å². The van der Waals surface area contributed by atoms with Crippen molar-refractivity contribution in [3.8, 4) is 28.3 Å². The van der Waals surface area contributed by atoms with Crippen molar-refractivity contribution in [2.45, 2.75) is 19.4 Å². The Hall–Kier alpha value is -2.44. The second kappa shape index (κ2) is 6.13. The van der Waals surface area contributed by atoms with Crippen LogP contribution in [0.3, 0.4) is 0 Å². The normalized spacial score (nSPS) is 16.4. The van der Waals surface area contributed by atoms with E-state index in [0.29, 0.717) is 23.8 Å². The highest BCUT2D eigenvalue weighted by molar-refractivity contribution is 6.31. The number of rotatable bonds is 2. The molecule has 1 aromatic heterocycles. The maximum absolute atomic E-state index is 14.6. The topological polar surface area (TPSA) is 74.2 Å². The third-order valence-electron chi connectivity index (χ3n) is 4.22. The van der Waals surface area contributed by atoms with Crippen molar-refractivity contribution in [2.24, 2.45) is 5.73 Å². The Morgan fingerprint density at radius 2 is 2.12 bits per heavy atom. The molecule has 2 N–H and O–H groups in total. The highest BCUT2D eigenvalue weighted by atomic mass is 35.5. The molecule has 0 amide bonds. The summed E-state index contributed by atoms with van der Waals surface area (Å²) in [5.74, 6) is 0.720. The van der Waals surface area contributed by atoms with Gasteiger partial charge in [0, 0.05) is 30.0 Å². The number of aryl methyl sites for hydroxylation is 1. The molecule has 1 aliphatic rings. The van der Waals surface area contributed by atoms with Crippen LogP contribution in [0.2, 0.25) is 5.02 Å². The zero-order valence-corrected chi connectivity index (χ0v) is 14.2. The first kappa shape index (κ1) is 16.1. The summed E-state index contributed by atoms with van der Waals surface area (Å²) in [4.78, 5) is 4.15. The van der Waals surface area contributed by atoms with E-state index < -0.39 is 5.82 Å². The number of halogens is 2. The molecule has 1 atom stereocenters. The van der Waals surface area contributed by atoms with Crippen molar-refractivity contribution in [3.05, 3.63) is 52.6 Å². The summed E-state index contributed by atoms with van der Waals surface area (Å²) in [5, 5.41) is 4.13. The van der Waals surface area contributed by atoms with Gasteiger partial charge in [0.1, 0.15) is 11.6 Å². The third kappa shape index (κ3) is 2.88. The standard InChI is InChI=1S/C18H15ClFN3O2/c1-9-22-18(23-25-9)17-13(7-11(19)8-14(17)20)10-2-3-12-15(21)4-5-24-16(12)6-10/h2-3,6-8,15H,4-5,21H2,1H3. The molecular formula is C18H15ClFN3O2. The summed E-state index contributed by atoms with van der Waals surface area (Å²) >= 11 is 6.08. The van der Waals surface area contributed by atoms with Crippen molar-refractivity contribution in [2.75, 3.05) is 6.61 Å². The van der Waals surface area contributed by atoms with E-state index in [1.807, 2.05) is 18.2 Å². The fourth-order valence-corrected chi connectivity index (χ4v) is 3.22. The van der Waals surface area contributed by atoms with Gasteiger partial charge in [-0.2, -0.15) is 4.98 Å². The van der Waals surface area contributed by atoms with Crippen LogP contribution >= 0.6 is 11.6 Å². The van der Waals surface area contributed by atoms with E-state index >= 15 is 0 Å². The van der Waals surface area contributed by atoms with Gasteiger partial charge < -0.3 is 15.0 Å². The van der Waals surface area contributed by atoms with E-state index in [4.69, 9.17) is 26.6 Å². The van der Waals surface area contributed by atoms with Gasteiger partial charge in [0.2, 0.25) is 11.7 Å². The van der Waals surface area contributed by atoms with E-state index in [1.165, 1.54) is 6.07 Å². The Balaban J connectivity index is 1.91. The minimum atomic E-state index is -0.515. The predicted octanol–water partition coefficient (Wildman–Crippen LogP) is 4.29. The first-order chi connectivity index (χ1) is 12.0. The predicted molar refractivity (Wildman–Crippen MR) is 91.9 cm³/mol. The lowest BCUT2D eigenvalue weighted by Gasteiger charge is -2.23. The van der Waals surface area contributed by atoms with Crippen LogP contribution in [0.25, 0.3) is 22.5 Å². The van der Waals surface area contributed by atoms with Crippen LogP contribution in [0.5, 0.6) is 5.75 Å². The van der Waals surface area contributed by atoms with Crippen LogP contribution < -0.4 is 10.5 Å². The molecule has 3 aromatic rings. The van der Waals surface area contributed by atoms with E-state index in [1.54, 1.807) is 13.0 Å². The number of benzene rings is 2. The number of nitrogens with zero attached hydrogens (tertiary/aromatic N) is 2. The molecule has 25 heavy (non-hydrogen) atoms. The van der Waals surface area contributed by atoms with Crippen LogP contribution in [0.1, 0.15) is 23.9 Å². The van der Waals surface area contributed by atoms with Gasteiger partial charge in [0.25, 0.3) is 0 Å². The van der Waals surface area contributed by atoms with E-state index in [0.717, 1.165) is 17.5 Å². The lowest BCUT2D eigenvalue weighted by molar-refractivity contribution is 0.269. The van der Waals surface area contributed by atoms with Gasteiger partial charge in [-0.15, -0.1) is 0 Å². The van der Waals surface area contributed by atoms with Crippen LogP contribution in [0.4, 0.5) is 4.39 Å². The minimum Gasteiger partial charge on any atom is -0.493 e. The van der Waals surface area contributed by atoms with Crippen LogP contribution in [0, 0.1) is 12.7 Å². The molecule has 4 rings (SSSR count).